The van der Waals surface area contributed by atoms with Crippen molar-refractivity contribution in [3.8, 4) is 40.3 Å². The first-order chi connectivity index (χ1) is 14.0. The lowest BCUT2D eigenvalue weighted by atomic mass is 9.92. The number of H-pyrrole nitrogens is 1. The van der Waals surface area contributed by atoms with Crippen molar-refractivity contribution in [2.24, 2.45) is 0 Å². The lowest BCUT2D eigenvalue weighted by molar-refractivity contribution is 0.0527. The Morgan fingerprint density at radius 1 is 1.03 bits per heavy atom. The fourth-order valence-corrected chi connectivity index (χ4v) is 3.04. The summed E-state index contributed by atoms with van der Waals surface area (Å²) in [5, 5.41) is 28.8. The molecule has 3 rings (SSSR count). The third-order valence-corrected chi connectivity index (χ3v) is 4.24. The Labute approximate surface area is 166 Å². The van der Waals surface area contributed by atoms with Crippen LogP contribution in [0.5, 0.6) is 5.88 Å². The van der Waals surface area contributed by atoms with Crippen LogP contribution in [0.2, 0.25) is 0 Å². The van der Waals surface area contributed by atoms with Crippen LogP contribution in [0, 0.1) is 22.7 Å². The van der Waals surface area contributed by atoms with Crippen LogP contribution in [0.4, 0.5) is 0 Å². The van der Waals surface area contributed by atoms with Gasteiger partial charge in [-0.25, -0.2) is 4.79 Å². The van der Waals surface area contributed by atoms with Gasteiger partial charge < -0.3 is 9.84 Å². The van der Waals surface area contributed by atoms with E-state index in [0.717, 1.165) is 0 Å². The Bertz CT molecular complexity index is 1250. The summed E-state index contributed by atoms with van der Waals surface area (Å²) in [7, 11) is 0. The monoisotopic (exact) mass is 385 g/mol. The molecule has 7 nitrogen and oxygen atoms in total. The zero-order valence-corrected chi connectivity index (χ0v) is 15.4. The summed E-state index contributed by atoms with van der Waals surface area (Å²) < 4.78 is 5.14. The van der Waals surface area contributed by atoms with Crippen molar-refractivity contribution < 1.29 is 14.6 Å². The van der Waals surface area contributed by atoms with E-state index in [9.17, 15) is 25.2 Å². The lowest BCUT2D eigenvalue weighted by Crippen LogP contribution is -2.18. The minimum absolute atomic E-state index is 0.0317. The molecule has 0 saturated carbocycles. The third kappa shape index (κ3) is 3.71. The maximum atomic E-state index is 12.8. The molecule has 0 aliphatic carbocycles. The maximum absolute atomic E-state index is 12.8. The van der Waals surface area contributed by atoms with E-state index in [1.165, 1.54) is 12.1 Å². The van der Waals surface area contributed by atoms with Gasteiger partial charge in [0.15, 0.2) is 5.88 Å². The molecule has 1 aromatic heterocycles. The highest BCUT2D eigenvalue weighted by Gasteiger charge is 2.26. The van der Waals surface area contributed by atoms with Gasteiger partial charge in [-0.3, -0.25) is 9.78 Å². The average Bonchev–Trinajstić information content (AvgIpc) is 2.73. The molecule has 142 valence electrons. The van der Waals surface area contributed by atoms with E-state index in [2.05, 4.69) is 4.98 Å². The smallest absolute Gasteiger partial charge is 0.339 e. The van der Waals surface area contributed by atoms with Crippen LogP contribution in [0.15, 0.2) is 53.3 Å². The van der Waals surface area contributed by atoms with Gasteiger partial charge in [0.1, 0.15) is 0 Å². The zero-order chi connectivity index (χ0) is 21.0. The fraction of sp³-hybridized carbons (Fsp3) is 0.0909. The quantitative estimate of drug-likeness (QED) is 0.663. The van der Waals surface area contributed by atoms with E-state index >= 15 is 0 Å². The maximum Gasteiger partial charge on any atom is 0.339 e. The normalized spacial score (nSPS) is 10.0. The standard InChI is InChI=1S/C22H15N3O4/c1-2-29-22(28)19-17(15-7-3-5-13(9-15)11-23)20(26)25-21(27)18(19)16-8-4-6-14(10-16)12-24/h3-10H,2H2,1H3,(H2,25,26,27). The molecule has 3 aromatic rings. The lowest BCUT2D eigenvalue weighted by Gasteiger charge is -2.15. The second kappa shape index (κ2) is 8.12. The number of hydrogen-bond donors (Lipinski definition) is 2. The number of carbonyl (C=O) groups excluding carboxylic acids is 1. The number of aromatic hydroxyl groups is 1. The molecule has 0 unspecified atom stereocenters. The molecule has 0 bridgehead atoms. The Morgan fingerprint density at radius 2 is 1.59 bits per heavy atom. The summed E-state index contributed by atoms with van der Waals surface area (Å²) in [6.07, 6.45) is 0. The van der Waals surface area contributed by atoms with Crippen molar-refractivity contribution in [3.05, 3.63) is 75.6 Å². The molecule has 0 saturated heterocycles. The van der Waals surface area contributed by atoms with Crippen molar-refractivity contribution in [2.45, 2.75) is 6.92 Å². The highest BCUT2D eigenvalue weighted by atomic mass is 16.5. The van der Waals surface area contributed by atoms with Gasteiger partial charge in [0, 0.05) is 0 Å². The minimum atomic E-state index is -0.802. The number of pyridine rings is 1. The van der Waals surface area contributed by atoms with Gasteiger partial charge in [0.2, 0.25) is 0 Å². The number of aromatic nitrogens is 1. The summed E-state index contributed by atoms with van der Waals surface area (Å²) in [6.45, 7) is 1.68. The first-order valence-electron chi connectivity index (χ1n) is 8.67. The van der Waals surface area contributed by atoms with Crippen LogP contribution in [0.3, 0.4) is 0 Å². The molecule has 0 fully saturated rings. The van der Waals surface area contributed by atoms with Crippen LogP contribution in [0.1, 0.15) is 28.4 Å². The van der Waals surface area contributed by atoms with Gasteiger partial charge in [0.25, 0.3) is 5.56 Å². The van der Waals surface area contributed by atoms with E-state index in [4.69, 9.17) is 4.74 Å². The molecule has 2 N–H and O–H groups in total. The van der Waals surface area contributed by atoms with Crippen LogP contribution in [-0.4, -0.2) is 22.7 Å². The Hall–Kier alpha value is -4.36. The van der Waals surface area contributed by atoms with Crippen molar-refractivity contribution in [1.82, 2.24) is 4.98 Å². The molecular weight excluding hydrogens is 370 g/mol. The largest absolute Gasteiger partial charge is 0.494 e. The number of rotatable bonds is 4. The molecule has 0 spiro atoms. The van der Waals surface area contributed by atoms with Crippen LogP contribution in [-0.2, 0) is 4.74 Å². The van der Waals surface area contributed by atoms with Crippen molar-refractivity contribution in [3.63, 3.8) is 0 Å². The number of nitriles is 2. The predicted octanol–water partition coefficient (Wildman–Crippen LogP) is 3.33. The van der Waals surface area contributed by atoms with Gasteiger partial charge in [-0.15, -0.1) is 0 Å². The van der Waals surface area contributed by atoms with Crippen LogP contribution in [0.25, 0.3) is 22.3 Å². The number of benzene rings is 2. The molecule has 29 heavy (non-hydrogen) atoms. The van der Waals surface area contributed by atoms with Crippen molar-refractivity contribution in [1.29, 1.82) is 10.5 Å². The molecule has 0 atom stereocenters. The van der Waals surface area contributed by atoms with Gasteiger partial charge in [-0.05, 0) is 42.3 Å². The molecule has 2 aromatic carbocycles. The number of carbonyl (C=O) groups is 1. The van der Waals surface area contributed by atoms with Gasteiger partial charge in [-0.1, -0.05) is 24.3 Å². The molecular formula is C22H15N3O4. The first-order valence-corrected chi connectivity index (χ1v) is 8.67. The number of hydrogen-bond acceptors (Lipinski definition) is 6. The number of esters is 1. The van der Waals surface area contributed by atoms with Gasteiger partial charge >= 0.3 is 5.97 Å². The summed E-state index contributed by atoms with van der Waals surface area (Å²) in [4.78, 5) is 27.9. The SMILES string of the molecule is CCOC(=O)c1c(-c2cccc(C#N)c2)c(O)[nH]c(=O)c1-c1cccc(C#N)c1. The Morgan fingerprint density at radius 3 is 2.10 bits per heavy atom. The average molecular weight is 385 g/mol. The molecule has 0 aliphatic heterocycles. The van der Waals surface area contributed by atoms with E-state index in [-0.39, 0.29) is 23.3 Å². The number of ether oxygens (including phenoxy) is 1. The molecule has 7 heteroatoms. The van der Waals surface area contributed by atoms with Gasteiger partial charge in [0.05, 0.1) is 46.6 Å². The second-order valence-electron chi connectivity index (χ2n) is 6.03. The number of nitrogens with zero attached hydrogens (tertiary/aromatic N) is 2. The van der Waals surface area contributed by atoms with Crippen LogP contribution >= 0.6 is 0 Å². The molecule has 1 heterocycles. The molecule has 0 amide bonds. The Kier molecular flexibility index (Phi) is 5.43. The zero-order valence-electron chi connectivity index (χ0n) is 15.4. The van der Waals surface area contributed by atoms with Crippen molar-refractivity contribution in [2.75, 3.05) is 6.61 Å². The highest BCUT2D eigenvalue weighted by Crippen LogP contribution is 2.36. The summed E-state index contributed by atoms with van der Waals surface area (Å²) >= 11 is 0. The van der Waals surface area contributed by atoms with Crippen LogP contribution < -0.4 is 5.56 Å². The number of aromatic amines is 1. The predicted molar refractivity (Wildman–Crippen MR) is 105 cm³/mol. The Balaban J connectivity index is 2.43. The van der Waals surface area contributed by atoms with Gasteiger partial charge in [-0.2, -0.15) is 10.5 Å². The summed E-state index contributed by atoms with van der Waals surface area (Å²) in [5.74, 6) is -1.32. The third-order valence-electron chi connectivity index (χ3n) is 4.24. The number of nitrogens with one attached hydrogen (secondary N) is 1. The van der Waals surface area contributed by atoms with E-state index < -0.39 is 17.4 Å². The topological polar surface area (TPSA) is 127 Å². The highest BCUT2D eigenvalue weighted by molar-refractivity contribution is 6.05. The van der Waals surface area contributed by atoms with E-state index in [0.29, 0.717) is 22.3 Å². The van der Waals surface area contributed by atoms with E-state index in [1.54, 1.807) is 43.3 Å². The fourth-order valence-electron chi connectivity index (χ4n) is 3.04. The molecule has 0 radical (unpaired) electrons. The first kappa shape index (κ1) is 19.4. The minimum Gasteiger partial charge on any atom is -0.494 e. The van der Waals surface area contributed by atoms with Crippen molar-refractivity contribution >= 4 is 5.97 Å². The summed E-state index contributed by atoms with van der Waals surface area (Å²) in [6, 6.07) is 16.5. The van der Waals surface area contributed by atoms with E-state index in [1.807, 2.05) is 12.1 Å². The second-order valence-corrected chi connectivity index (χ2v) is 6.03. The molecule has 0 aliphatic rings. The summed E-state index contributed by atoms with van der Waals surface area (Å²) in [5.41, 5.74) is 0.464.